The zero-order valence-electron chi connectivity index (χ0n) is 7.49. The van der Waals surface area contributed by atoms with E-state index in [0.717, 1.165) is 0 Å². The van der Waals surface area contributed by atoms with Crippen LogP contribution < -0.4 is 0 Å². The van der Waals surface area contributed by atoms with Crippen LogP contribution in [-0.4, -0.2) is 23.4 Å². The molecule has 1 N–H and O–H groups in total. The minimum Gasteiger partial charge on any atom is -0.460 e. The molecule has 0 atom stereocenters. The number of hydrogen-bond donors (Lipinski definition) is 1. The maximum absolute atomic E-state index is 10.9. The summed E-state index contributed by atoms with van der Waals surface area (Å²) in [5.74, 6) is -0.389. The van der Waals surface area contributed by atoms with Gasteiger partial charge in [0.15, 0.2) is 0 Å². The number of ether oxygens (including phenoxy) is 1. The van der Waals surface area contributed by atoms with Crippen LogP contribution in [-0.2, 0) is 19.5 Å². The molecular weight excluding hydrogens is 164 g/mol. The molecule has 0 heterocycles. The highest BCUT2D eigenvalue weighted by molar-refractivity contribution is 5.69. The van der Waals surface area contributed by atoms with Gasteiger partial charge in [-0.3, -0.25) is 4.79 Å². The largest absolute Gasteiger partial charge is 0.460 e. The summed E-state index contributed by atoms with van der Waals surface area (Å²) < 4.78 is 4.93. The molecule has 0 aromatic heterocycles. The first-order valence-electron chi connectivity index (χ1n) is 3.60. The Labute approximate surface area is 71.1 Å². The van der Waals surface area contributed by atoms with E-state index in [1.54, 1.807) is 20.8 Å². The van der Waals surface area contributed by atoms with E-state index in [-0.39, 0.29) is 19.0 Å². The highest BCUT2D eigenvalue weighted by Crippen LogP contribution is 2.07. The summed E-state index contributed by atoms with van der Waals surface area (Å²) in [5, 5.41) is 11.1. The second kappa shape index (κ2) is 5.08. The van der Waals surface area contributed by atoms with Gasteiger partial charge in [0, 0.05) is 0 Å². The first kappa shape index (κ1) is 11.4. The number of hydrogen-bond acceptors (Lipinski definition) is 5. The third-order valence-electron chi connectivity index (χ3n) is 0.862. The van der Waals surface area contributed by atoms with Crippen molar-refractivity contribution < 1.29 is 24.7 Å². The van der Waals surface area contributed by atoms with E-state index in [0.29, 0.717) is 0 Å². The third-order valence-corrected chi connectivity index (χ3v) is 0.862. The summed E-state index contributed by atoms with van der Waals surface area (Å²) >= 11 is 0. The molecule has 0 spiro atoms. The Bertz CT molecular complexity index is 137. The van der Waals surface area contributed by atoms with Crippen molar-refractivity contribution in [3.63, 3.8) is 0 Å². The fraction of sp³-hybridized carbons (Fsp3) is 0.857. The molecule has 0 aliphatic carbocycles. The molecule has 0 bridgehead atoms. The van der Waals surface area contributed by atoms with Gasteiger partial charge in [-0.05, 0) is 20.8 Å². The lowest BCUT2D eigenvalue weighted by molar-refractivity contribution is -0.490. The summed E-state index contributed by atoms with van der Waals surface area (Å²) in [6.45, 7) is 5.29. The summed E-state index contributed by atoms with van der Waals surface area (Å²) in [6.07, 6.45) is 0.0534. The number of rotatable bonds is 4. The number of esters is 1. The standard InChI is InChI=1S/C7H14O5/c1-7(2,3)11-6(8)4-5-10-12-9/h9H,4-5H2,1-3H3. The van der Waals surface area contributed by atoms with Gasteiger partial charge in [-0.25, -0.2) is 10.1 Å². The molecule has 5 nitrogen and oxygen atoms in total. The summed E-state index contributed by atoms with van der Waals surface area (Å²) in [6, 6.07) is 0. The van der Waals surface area contributed by atoms with E-state index in [4.69, 9.17) is 9.99 Å². The van der Waals surface area contributed by atoms with E-state index < -0.39 is 5.60 Å². The highest BCUT2D eigenvalue weighted by Gasteiger charge is 2.15. The maximum Gasteiger partial charge on any atom is 0.308 e. The lowest BCUT2D eigenvalue weighted by Crippen LogP contribution is -2.24. The van der Waals surface area contributed by atoms with Crippen LogP contribution in [0.4, 0.5) is 0 Å². The Hall–Kier alpha value is -0.650. The van der Waals surface area contributed by atoms with Gasteiger partial charge in [0.2, 0.25) is 0 Å². The van der Waals surface area contributed by atoms with Crippen molar-refractivity contribution in [2.24, 2.45) is 0 Å². The summed E-state index contributed by atoms with van der Waals surface area (Å²) in [4.78, 5) is 15.0. The quantitative estimate of drug-likeness (QED) is 0.302. The fourth-order valence-corrected chi connectivity index (χ4v) is 0.555. The molecule has 0 fully saturated rings. The van der Waals surface area contributed by atoms with Gasteiger partial charge in [-0.2, -0.15) is 0 Å². The molecule has 0 unspecified atom stereocenters. The molecule has 0 saturated heterocycles. The second-order valence-corrected chi connectivity index (χ2v) is 3.23. The maximum atomic E-state index is 10.9. The summed E-state index contributed by atoms with van der Waals surface area (Å²) in [5.41, 5.74) is -0.489. The molecule has 0 rings (SSSR count). The third kappa shape index (κ3) is 7.46. The molecular formula is C7H14O5. The zero-order chi connectivity index (χ0) is 9.61. The Morgan fingerprint density at radius 2 is 2.00 bits per heavy atom. The SMILES string of the molecule is CC(C)(C)OC(=O)CCOOO. The van der Waals surface area contributed by atoms with Crippen LogP contribution in [0.3, 0.4) is 0 Å². The predicted molar refractivity (Wildman–Crippen MR) is 40.1 cm³/mol. The highest BCUT2D eigenvalue weighted by atomic mass is 17.5. The van der Waals surface area contributed by atoms with Gasteiger partial charge in [0.25, 0.3) is 0 Å². The minimum absolute atomic E-state index is 0.0224. The van der Waals surface area contributed by atoms with E-state index >= 15 is 0 Å². The monoisotopic (exact) mass is 178 g/mol. The van der Waals surface area contributed by atoms with Gasteiger partial charge in [-0.15, -0.1) is 0 Å². The molecule has 0 radical (unpaired) electrons. The molecule has 0 amide bonds. The summed E-state index contributed by atoms with van der Waals surface area (Å²) in [7, 11) is 0. The Morgan fingerprint density at radius 1 is 1.42 bits per heavy atom. The lowest BCUT2D eigenvalue weighted by atomic mass is 10.2. The molecule has 72 valence electrons. The Balaban J connectivity index is 3.47. The average molecular weight is 178 g/mol. The van der Waals surface area contributed by atoms with Crippen molar-refractivity contribution in [3.05, 3.63) is 0 Å². The van der Waals surface area contributed by atoms with Crippen molar-refractivity contribution in [3.8, 4) is 0 Å². The van der Waals surface area contributed by atoms with Crippen molar-refractivity contribution in [1.82, 2.24) is 0 Å². The van der Waals surface area contributed by atoms with Crippen LogP contribution in [0.2, 0.25) is 0 Å². The van der Waals surface area contributed by atoms with Crippen LogP contribution in [0.15, 0.2) is 0 Å². The van der Waals surface area contributed by atoms with Gasteiger partial charge in [0.1, 0.15) is 5.60 Å². The van der Waals surface area contributed by atoms with Gasteiger partial charge in [0.05, 0.1) is 13.0 Å². The van der Waals surface area contributed by atoms with Crippen molar-refractivity contribution in [2.45, 2.75) is 32.8 Å². The van der Waals surface area contributed by atoms with E-state index in [9.17, 15) is 4.79 Å². The van der Waals surface area contributed by atoms with E-state index in [1.165, 1.54) is 0 Å². The molecule has 5 heteroatoms. The molecule has 0 aliphatic heterocycles. The first-order chi connectivity index (χ1) is 5.45. The van der Waals surface area contributed by atoms with Crippen molar-refractivity contribution >= 4 is 5.97 Å². The van der Waals surface area contributed by atoms with Gasteiger partial charge in [-0.1, -0.05) is 5.04 Å². The molecule has 0 aliphatic rings. The van der Waals surface area contributed by atoms with Gasteiger partial charge >= 0.3 is 5.97 Å². The van der Waals surface area contributed by atoms with E-state index in [2.05, 4.69) is 9.93 Å². The molecule has 0 saturated carbocycles. The Kier molecular flexibility index (Phi) is 4.80. The average Bonchev–Trinajstić information content (AvgIpc) is 1.84. The zero-order valence-corrected chi connectivity index (χ0v) is 7.49. The van der Waals surface area contributed by atoms with E-state index in [1.807, 2.05) is 0 Å². The van der Waals surface area contributed by atoms with Crippen LogP contribution in [0.5, 0.6) is 0 Å². The van der Waals surface area contributed by atoms with Crippen molar-refractivity contribution in [1.29, 1.82) is 0 Å². The number of carbonyl (C=O) groups is 1. The molecule has 0 aromatic carbocycles. The minimum atomic E-state index is -0.489. The van der Waals surface area contributed by atoms with Crippen LogP contribution in [0.1, 0.15) is 27.2 Å². The topological polar surface area (TPSA) is 65.0 Å². The van der Waals surface area contributed by atoms with Crippen LogP contribution >= 0.6 is 0 Å². The second-order valence-electron chi connectivity index (χ2n) is 3.23. The normalized spacial score (nSPS) is 11.3. The Morgan fingerprint density at radius 3 is 2.42 bits per heavy atom. The number of carbonyl (C=O) groups excluding carboxylic acids is 1. The van der Waals surface area contributed by atoms with Crippen molar-refractivity contribution in [2.75, 3.05) is 6.61 Å². The van der Waals surface area contributed by atoms with Gasteiger partial charge < -0.3 is 4.74 Å². The first-order valence-corrected chi connectivity index (χ1v) is 3.60. The molecule has 0 aromatic rings. The van der Waals surface area contributed by atoms with Crippen LogP contribution in [0.25, 0.3) is 0 Å². The smallest absolute Gasteiger partial charge is 0.308 e. The molecule has 12 heavy (non-hydrogen) atoms. The lowest BCUT2D eigenvalue weighted by Gasteiger charge is -2.19. The predicted octanol–water partition coefficient (Wildman–Crippen LogP) is 1.14. The fourth-order valence-electron chi connectivity index (χ4n) is 0.555. The van der Waals surface area contributed by atoms with Crippen LogP contribution in [0, 0.1) is 0 Å².